The van der Waals surface area contributed by atoms with Gasteiger partial charge in [-0.2, -0.15) is 0 Å². The van der Waals surface area contributed by atoms with E-state index < -0.39 is 0 Å². The highest BCUT2D eigenvalue weighted by Crippen LogP contribution is 2.23. The average Bonchev–Trinajstić information content (AvgIpc) is 2.38. The summed E-state index contributed by atoms with van der Waals surface area (Å²) in [7, 11) is 0. The molecule has 0 aromatic heterocycles. The maximum atomic E-state index is 11.7. The zero-order chi connectivity index (χ0) is 14.5. The molecule has 2 rings (SSSR count). The number of allylic oxidation sites excluding steroid dienone is 1. The van der Waals surface area contributed by atoms with Crippen molar-refractivity contribution < 1.29 is 4.79 Å². The van der Waals surface area contributed by atoms with Gasteiger partial charge in [0.05, 0.1) is 0 Å². The van der Waals surface area contributed by atoms with Crippen LogP contribution in [0.5, 0.6) is 0 Å². The molecule has 0 unspecified atom stereocenters. The van der Waals surface area contributed by atoms with Crippen molar-refractivity contribution in [2.45, 2.75) is 6.92 Å². The van der Waals surface area contributed by atoms with E-state index in [9.17, 15) is 4.79 Å². The van der Waals surface area contributed by atoms with Crippen LogP contribution in [0.2, 0.25) is 10.0 Å². The normalized spacial score (nSPS) is 11.2. The monoisotopic (exact) mass is 305 g/mol. The third kappa shape index (κ3) is 3.86. The van der Waals surface area contributed by atoms with Gasteiger partial charge < -0.3 is 5.32 Å². The molecule has 0 heterocycles. The maximum absolute atomic E-state index is 11.7. The first-order valence-corrected chi connectivity index (χ1v) is 6.81. The molecule has 102 valence electrons. The quantitative estimate of drug-likeness (QED) is 0.802. The van der Waals surface area contributed by atoms with Crippen molar-refractivity contribution in [3.63, 3.8) is 0 Å². The lowest BCUT2D eigenvalue weighted by Gasteiger charge is -2.07. The number of ketones is 1. The SMILES string of the molecule is CC(=O)C(=CNc1cc(Cl)cc(Cl)c1)c1ccccc1. The molecule has 0 aliphatic rings. The average molecular weight is 306 g/mol. The van der Waals surface area contributed by atoms with Crippen molar-refractivity contribution in [2.75, 3.05) is 5.32 Å². The maximum Gasteiger partial charge on any atom is 0.161 e. The summed E-state index contributed by atoms with van der Waals surface area (Å²) in [5.74, 6) is -0.0168. The molecule has 0 radical (unpaired) electrons. The van der Waals surface area contributed by atoms with Gasteiger partial charge in [-0.3, -0.25) is 4.79 Å². The summed E-state index contributed by atoms with van der Waals surface area (Å²) in [6.07, 6.45) is 1.67. The van der Waals surface area contributed by atoms with E-state index in [-0.39, 0.29) is 5.78 Å². The number of Topliss-reactive ketones (excluding diaryl/α,β-unsaturated/α-hetero) is 1. The summed E-state index contributed by atoms with van der Waals surface area (Å²) < 4.78 is 0. The second kappa shape index (κ2) is 6.60. The molecule has 0 atom stereocenters. The van der Waals surface area contributed by atoms with Crippen LogP contribution >= 0.6 is 23.2 Å². The van der Waals surface area contributed by atoms with Crippen LogP contribution in [0.15, 0.2) is 54.7 Å². The Kier molecular flexibility index (Phi) is 4.83. The van der Waals surface area contributed by atoms with E-state index in [1.165, 1.54) is 6.92 Å². The van der Waals surface area contributed by atoms with E-state index in [1.54, 1.807) is 24.4 Å². The zero-order valence-corrected chi connectivity index (χ0v) is 12.4. The number of anilines is 1. The van der Waals surface area contributed by atoms with Gasteiger partial charge in [-0.25, -0.2) is 0 Å². The number of carbonyl (C=O) groups excluding carboxylic acids is 1. The molecule has 0 spiro atoms. The molecule has 0 aliphatic heterocycles. The Morgan fingerprint density at radius 1 is 1.05 bits per heavy atom. The largest absolute Gasteiger partial charge is 0.361 e. The van der Waals surface area contributed by atoms with Crippen LogP contribution in [-0.4, -0.2) is 5.78 Å². The molecule has 0 fully saturated rings. The second-order valence-corrected chi connectivity index (χ2v) is 5.16. The lowest BCUT2D eigenvalue weighted by Crippen LogP contribution is -1.99. The van der Waals surface area contributed by atoms with Crippen LogP contribution in [0.25, 0.3) is 5.57 Å². The molecule has 0 saturated heterocycles. The van der Waals surface area contributed by atoms with Crippen molar-refractivity contribution in [1.82, 2.24) is 0 Å². The first-order chi connectivity index (χ1) is 9.56. The van der Waals surface area contributed by atoms with E-state index in [4.69, 9.17) is 23.2 Å². The van der Waals surface area contributed by atoms with Gasteiger partial charge in [0.2, 0.25) is 0 Å². The molecule has 0 aliphatic carbocycles. The van der Waals surface area contributed by atoms with Crippen molar-refractivity contribution in [3.05, 3.63) is 70.3 Å². The Labute approximate surface area is 128 Å². The van der Waals surface area contributed by atoms with Gasteiger partial charge in [0.15, 0.2) is 5.78 Å². The van der Waals surface area contributed by atoms with Gasteiger partial charge in [-0.05, 0) is 30.7 Å². The number of rotatable bonds is 4. The van der Waals surface area contributed by atoms with E-state index in [1.807, 2.05) is 30.3 Å². The number of benzene rings is 2. The van der Waals surface area contributed by atoms with Crippen LogP contribution in [-0.2, 0) is 4.79 Å². The third-order valence-corrected chi connectivity index (χ3v) is 3.15. The summed E-state index contributed by atoms with van der Waals surface area (Å²) in [5, 5.41) is 4.13. The van der Waals surface area contributed by atoms with Crippen LogP contribution in [0.4, 0.5) is 5.69 Å². The summed E-state index contributed by atoms with van der Waals surface area (Å²) in [4.78, 5) is 11.7. The Balaban J connectivity index is 2.29. The molecular formula is C16H13Cl2NO. The van der Waals surface area contributed by atoms with E-state index in [2.05, 4.69) is 5.32 Å². The fourth-order valence-electron chi connectivity index (χ4n) is 1.80. The van der Waals surface area contributed by atoms with Gasteiger partial charge in [0.1, 0.15) is 0 Å². The molecule has 1 N–H and O–H groups in total. The predicted molar refractivity (Wildman–Crippen MR) is 85.2 cm³/mol. The van der Waals surface area contributed by atoms with Crippen LogP contribution in [0, 0.1) is 0 Å². The van der Waals surface area contributed by atoms with Crippen LogP contribution < -0.4 is 5.32 Å². The standard InChI is InChI=1S/C16H13Cl2NO/c1-11(20)16(12-5-3-2-4-6-12)10-19-15-8-13(17)7-14(18)9-15/h2-10,19H,1H3. The van der Waals surface area contributed by atoms with E-state index >= 15 is 0 Å². The molecule has 2 aromatic rings. The number of hydrogen-bond donors (Lipinski definition) is 1. The zero-order valence-electron chi connectivity index (χ0n) is 10.9. The van der Waals surface area contributed by atoms with Crippen molar-refractivity contribution in [1.29, 1.82) is 0 Å². The van der Waals surface area contributed by atoms with Crippen molar-refractivity contribution in [2.24, 2.45) is 0 Å². The Bertz CT molecular complexity index is 631. The fourth-order valence-corrected chi connectivity index (χ4v) is 2.32. The molecule has 2 nitrogen and oxygen atoms in total. The van der Waals surface area contributed by atoms with Gasteiger partial charge >= 0.3 is 0 Å². The Morgan fingerprint density at radius 2 is 1.65 bits per heavy atom. The minimum Gasteiger partial charge on any atom is -0.361 e. The lowest BCUT2D eigenvalue weighted by atomic mass is 10.0. The molecule has 20 heavy (non-hydrogen) atoms. The summed E-state index contributed by atoms with van der Waals surface area (Å²) in [5.41, 5.74) is 2.19. The molecular weight excluding hydrogens is 293 g/mol. The van der Waals surface area contributed by atoms with E-state index in [0.717, 1.165) is 11.3 Å². The molecule has 4 heteroatoms. The van der Waals surface area contributed by atoms with Gasteiger partial charge in [0.25, 0.3) is 0 Å². The topological polar surface area (TPSA) is 29.1 Å². The summed E-state index contributed by atoms with van der Waals surface area (Å²) in [6.45, 7) is 1.53. The van der Waals surface area contributed by atoms with Gasteiger partial charge in [-0.1, -0.05) is 53.5 Å². The highest BCUT2D eigenvalue weighted by molar-refractivity contribution is 6.35. The minimum absolute atomic E-state index is 0.0168. The lowest BCUT2D eigenvalue weighted by molar-refractivity contribution is -0.111. The second-order valence-electron chi connectivity index (χ2n) is 4.28. The van der Waals surface area contributed by atoms with Crippen molar-refractivity contribution >= 4 is 40.2 Å². The smallest absolute Gasteiger partial charge is 0.161 e. The number of carbonyl (C=O) groups is 1. The first kappa shape index (κ1) is 14.6. The van der Waals surface area contributed by atoms with Crippen molar-refractivity contribution in [3.8, 4) is 0 Å². The third-order valence-electron chi connectivity index (χ3n) is 2.71. The highest BCUT2D eigenvalue weighted by Gasteiger charge is 2.06. The predicted octanol–water partition coefficient (Wildman–Crippen LogP) is 5.04. The number of hydrogen-bond acceptors (Lipinski definition) is 2. The molecule has 0 saturated carbocycles. The van der Waals surface area contributed by atoms with Gasteiger partial charge in [0, 0.05) is 27.5 Å². The van der Waals surface area contributed by atoms with Gasteiger partial charge in [-0.15, -0.1) is 0 Å². The fraction of sp³-hybridized carbons (Fsp3) is 0.0625. The summed E-state index contributed by atoms with van der Waals surface area (Å²) in [6, 6.07) is 14.6. The first-order valence-electron chi connectivity index (χ1n) is 6.05. The Morgan fingerprint density at radius 3 is 2.20 bits per heavy atom. The summed E-state index contributed by atoms with van der Waals surface area (Å²) >= 11 is 11.9. The number of nitrogens with one attached hydrogen (secondary N) is 1. The van der Waals surface area contributed by atoms with Crippen LogP contribution in [0.3, 0.4) is 0 Å². The van der Waals surface area contributed by atoms with E-state index in [0.29, 0.717) is 15.6 Å². The van der Waals surface area contributed by atoms with Crippen LogP contribution in [0.1, 0.15) is 12.5 Å². The number of halogens is 2. The highest BCUT2D eigenvalue weighted by atomic mass is 35.5. The molecule has 0 amide bonds. The molecule has 2 aromatic carbocycles. The minimum atomic E-state index is -0.0168. The Hall–Kier alpha value is -1.77. The molecule has 0 bridgehead atoms.